The molecule has 21 nitrogen and oxygen atoms in total. The number of aromatic nitrogens is 8. The first-order chi connectivity index (χ1) is 53.0. The van der Waals surface area contributed by atoms with Gasteiger partial charge in [0.15, 0.2) is 17.5 Å². The molecule has 0 unspecified atom stereocenters. The van der Waals surface area contributed by atoms with E-state index in [4.69, 9.17) is 104 Å². The second-order valence-corrected chi connectivity index (χ2v) is 25.5. The van der Waals surface area contributed by atoms with Crippen LogP contribution in [-0.4, -0.2) is 104 Å². The van der Waals surface area contributed by atoms with Crippen molar-refractivity contribution in [3.8, 4) is 79.6 Å². The summed E-state index contributed by atoms with van der Waals surface area (Å²) >= 11 is 34.2. The Morgan fingerprint density at radius 1 is 0.434 bits per heavy atom. The minimum absolute atomic E-state index is 0. The van der Waals surface area contributed by atoms with Crippen LogP contribution in [0.1, 0.15) is 74.8 Å². The van der Waals surface area contributed by atoms with Crippen LogP contribution in [-0.2, 0) is 59.1 Å². The molecule has 0 bridgehead atoms. The van der Waals surface area contributed by atoms with Crippen LogP contribution < -0.4 is 55.4 Å². The van der Waals surface area contributed by atoms with E-state index in [2.05, 4.69) is 39.9 Å². The standard InChI is InChI=1S/C22H20ClFN2O3.C20H16ClFN2O3.C15H13Cl2FN2O2.C15H14ClFN2O3.C7H6ClFN2.ClH.Na/c1-3-29-21(27)10-8-16-13-20(14-5-4-6-17(11-14)28-2)26-22(25-16)15-7-9-18(23)19(24)12-15;1-27-15-4-2-3-12(9-15)18-11-14(6-8-19(25)26)23-20(24-18)13-5-7-16(21)17(22)10-13;1-2-22-14(21)6-4-10-8-13(17)20-15(19-10)9-3-5-11(16)12(18)7-9;1-2-22-14(21)6-4-10-8-13(20)19-15(18-10)9-3-5-11(16)12(17)7-9;8-5-2-1-4(7(10)11)3-6(5)9;;/h4-7,9,11-13H,3,8,10H2,1-2H3;2-5,7,9-11H,6,8H2,1H3,(H,25,26);3,5,7-8H,2,4,6H2,1H3;3,5,7-8H,2,4,6H2,1H3,(H,18,19,20);1-3H,(H3,10,11);1H;/q;;;;;;+1/p-1. The van der Waals surface area contributed by atoms with Crippen molar-refractivity contribution in [3.05, 3.63) is 262 Å². The number of hydrogen-bond donors (Lipinski definition) is 3. The number of carbonyl (C=O) groups excluding carboxylic acids is 4. The average Bonchev–Trinajstić information content (AvgIpc) is 0.820. The Morgan fingerprint density at radius 3 is 1.14 bits per heavy atom. The van der Waals surface area contributed by atoms with Crippen molar-refractivity contribution in [1.29, 1.82) is 5.41 Å². The smallest absolute Gasteiger partial charge is 0.550 e. The van der Waals surface area contributed by atoms with Crippen molar-refractivity contribution in [2.24, 2.45) is 5.73 Å². The van der Waals surface area contributed by atoms with Gasteiger partial charge in [-0.25, -0.2) is 56.8 Å². The summed E-state index contributed by atoms with van der Waals surface area (Å²) in [5.74, 6) is -2.68. The fourth-order valence-corrected chi connectivity index (χ4v) is 10.5. The van der Waals surface area contributed by atoms with E-state index >= 15 is 0 Å². The van der Waals surface area contributed by atoms with E-state index in [-0.39, 0.29) is 158 Å². The first-order valence-electron chi connectivity index (χ1n) is 33.5. The summed E-state index contributed by atoms with van der Waals surface area (Å²) < 4.78 is 92.7. The Labute approximate surface area is 704 Å². The molecule has 0 amide bonds. The minimum atomic E-state index is -1.17. The molecule has 4 heterocycles. The number of halogens is 12. The molecule has 11 aromatic rings. The number of aryl methyl sites for hydroxylation is 4. The fraction of sp³-hybridized carbons (Fsp3) is 0.203. The molecule has 4 aromatic heterocycles. The van der Waals surface area contributed by atoms with Crippen molar-refractivity contribution in [2.75, 3.05) is 34.0 Å². The monoisotopic (exact) mass is 1700 g/mol. The third kappa shape index (κ3) is 30.3. The van der Waals surface area contributed by atoms with Gasteiger partial charge in [-0.3, -0.25) is 24.6 Å². The van der Waals surface area contributed by atoms with Gasteiger partial charge in [0, 0.05) is 93.0 Å². The van der Waals surface area contributed by atoms with Gasteiger partial charge in [-0.1, -0.05) is 93.9 Å². The zero-order valence-corrected chi connectivity index (χ0v) is 68.5. The number of nitrogens with zero attached hydrogens (tertiary/aromatic N) is 7. The molecule has 113 heavy (non-hydrogen) atoms. The molecule has 0 saturated heterocycles. The summed E-state index contributed by atoms with van der Waals surface area (Å²) in [7, 11) is 3.15. The summed E-state index contributed by atoms with van der Waals surface area (Å²) in [6, 6.07) is 42.2. The minimum Gasteiger partial charge on any atom is -0.550 e. The van der Waals surface area contributed by atoms with Crippen LogP contribution in [0.15, 0.2) is 169 Å². The van der Waals surface area contributed by atoms with Crippen molar-refractivity contribution >= 4 is 112 Å². The molecule has 0 atom stereocenters. The molecule has 0 spiro atoms. The molecular weight excluding hydrogens is 1630 g/mol. The van der Waals surface area contributed by atoms with Crippen molar-refractivity contribution < 1.29 is 99.5 Å². The second-order valence-electron chi connectivity index (χ2n) is 23.0. The number of carbonyl (C=O) groups is 4. The van der Waals surface area contributed by atoms with Crippen molar-refractivity contribution in [2.45, 2.75) is 72.1 Å². The number of aliphatic carboxylic acids is 1. The first kappa shape index (κ1) is 93.9. The van der Waals surface area contributed by atoms with E-state index in [1.54, 1.807) is 83.5 Å². The molecule has 0 aliphatic rings. The maximum absolute atomic E-state index is 14.0. The van der Waals surface area contributed by atoms with E-state index in [0.29, 0.717) is 112 Å². The Kier molecular flexibility index (Phi) is 39.1. The number of carboxylic acids is 1. The van der Waals surface area contributed by atoms with E-state index in [0.717, 1.165) is 17.2 Å². The van der Waals surface area contributed by atoms with Crippen LogP contribution in [0.4, 0.5) is 22.0 Å². The quantitative estimate of drug-likeness (QED) is 0.00962. The van der Waals surface area contributed by atoms with Crippen LogP contribution in [0.2, 0.25) is 30.3 Å². The Morgan fingerprint density at radius 2 is 0.779 bits per heavy atom. The normalized spacial score (nSPS) is 10.3. The van der Waals surface area contributed by atoms with Crippen LogP contribution >= 0.6 is 82.0 Å². The summed E-state index contributed by atoms with van der Waals surface area (Å²) in [6.45, 7) is 6.18. The number of nitrogens with two attached hydrogens (primary N) is 1. The molecule has 0 fully saturated rings. The molecule has 7 aromatic carbocycles. The van der Waals surface area contributed by atoms with Gasteiger partial charge >= 0.3 is 47.5 Å². The van der Waals surface area contributed by atoms with Crippen molar-refractivity contribution in [1.82, 2.24) is 39.9 Å². The molecule has 0 aliphatic heterocycles. The predicted molar refractivity (Wildman–Crippen MR) is 419 cm³/mol. The summed E-state index contributed by atoms with van der Waals surface area (Å²) in [6.07, 6.45) is 1.51. The first-order valence-corrected chi connectivity index (χ1v) is 35.8. The Balaban J connectivity index is 0.000000257. The van der Waals surface area contributed by atoms with E-state index in [9.17, 15) is 51.0 Å². The predicted octanol–water partition coefficient (Wildman–Crippen LogP) is 14.4. The summed E-state index contributed by atoms with van der Waals surface area (Å²) in [5, 5.41) is 18.1. The zero-order valence-electron chi connectivity index (χ0n) is 61.1. The third-order valence-electron chi connectivity index (χ3n) is 15.0. The second kappa shape index (κ2) is 47.1. The average molecular weight is 1700 g/mol. The Hall–Kier alpha value is -9.71. The van der Waals surface area contributed by atoms with Gasteiger partial charge < -0.3 is 44.3 Å². The zero-order chi connectivity index (χ0) is 80.8. The maximum atomic E-state index is 14.0. The third-order valence-corrected chi connectivity index (χ3v) is 16.8. The summed E-state index contributed by atoms with van der Waals surface area (Å²) in [5.41, 5.74) is 11.8. The van der Waals surface area contributed by atoms with Crippen LogP contribution in [0.3, 0.4) is 0 Å². The number of benzene rings is 7. The largest absolute Gasteiger partial charge is 1.00 e. The SMILES string of the molecule is CCOC(=O)CCc1cc(-c2cccc(OC)c2)nc(-c2ccc(Cl)c(F)c2)n1.CCOC(=O)CCc1cc(=O)[nH]c(-c2ccc(Cl)c(F)c2)n1.CCOC(=O)CCc1cc(Cl)nc(-c2ccc(Cl)c(F)c2)n1.COc1cccc(-c2cc(CCC(=O)[O-])nc(-c3ccc(Cl)c(F)c3)n2)c1.Cl.N=C(N)c1ccc(Cl)c(F)c1.[Na+]. The molecule has 34 heteroatoms. The number of esters is 3. The molecule has 0 radical (unpaired) electrons. The number of H-pyrrole nitrogens is 1. The van der Waals surface area contributed by atoms with Gasteiger partial charge in [0.2, 0.25) is 0 Å². The van der Waals surface area contributed by atoms with Crippen LogP contribution in [0, 0.1) is 34.5 Å². The molecule has 0 saturated carbocycles. The topological polar surface area (TPSA) is 310 Å². The van der Waals surface area contributed by atoms with Gasteiger partial charge in [0.1, 0.15) is 57.4 Å². The number of amidine groups is 1. The molecular formula is C79H69Cl7F5N10NaO11. The number of rotatable bonds is 24. The number of ether oxygens (including phenoxy) is 5. The van der Waals surface area contributed by atoms with E-state index < -0.39 is 35.1 Å². The number of carboxylic acid groups (broad SMARTS) is 1. The van der Waals surface area contributed by atoms with Gasteiger partial charge in [-0.2, -0.15) is 0 Å². The summed E-state index contributed by atoms with van der Waals surface area (Å²) in [4.78, 5) is 90.1. The van der Waals surface area contributed by atoms with Gasteiger partial charge in [0.25, 0.3) is 5.56 Å². The Bertz CT molecular complexity index is 5200. The maximum Gasteiger partial charge on any atom is 1.00 e. The van der Waals surface area contributed by atoms with Crippen molar-refractivity contribution in [3.63, 3.8) is 0 Å². The molecule has 0 aliphatic carbocycles. The number of aromatic amines is 1. The number of hydrogen-bond acceptors (Lipinski definition) is 19. The molecule has 11 rings (SSSR count). The van der Waals surface area contributed by atoms with Crippen LogP contribution in [0.25, 0.3) is 68.1 Å². The number of nitrogen functional groups attached to an aromatic ring is 1. The molecule has 586 valence electrons. The van der Waals surface area contributed by atoms with Crippen LogP contribution in [0.5, 0.6) is 11.5 Å². The van der Waals surface area contributed by atoms with E-state index in [1.807, 2.05) is 42.5 Å². The molecule has 4 N–H and O–H groups in total. The fourth-order valence-electron chi connectivity index (χ4n) is 9.70. The number of nitrogens with one attached hydrogen (secondary N) is 2. The van der Waals surface area contributed by atoms with Gasteiger partial charge in [-0.15, -0.1) is 12.4 Å². The van der Waals surface area contributed by atoms with Gasteiger partial charge in [0.05, 0.1) is 89.8 Å². The van der Waals surface area contributed by atoms with E-state index in [1.165, 1.54) is 66.7 Å². The number of methoxy groups -OCH3 is 2. The van der Waals surface area contributed by atoms with Gasteiger partial charge in [-0.05, 0) is 167 Å².